The van der Waals surface area contributed by atoms with Crippen LogP contribution < -0.4 is 10.9 Å². The summed E-state index contributed by atoms with van der Waals surface area (Å²) in [7, 11) is 1.62. The lowest BCUT2D eigenvalue weighted by molar-refractivity contribution is 0.0963. The fourth-order valence-electron chi connectivity index (χ4n) is 4.41. The third kappa shape index (κ3) is 5.09. The van der Waals surface area contributed by atoms with Crippen LogP contribution in [-0.2, 0) is 13.0 Å². The summed E-state index contributed by atoms with van der Waals surface area (Å²) in [5.41, 5.74) is 5.06. The van der Waals surface area contributed by atoms with Crippen molar-refractivity contribution in [3.8, 4) is 0 Å². The number of carbonyl (C=O) groups is 1. The van der Waals surface area contributed by atoms with Gasteiger partial charge in [-0.15, -0.1) is 0 Å². The van der Waals surface area contributed by atoms with Gasteiger partial charge < -0.3 is 9.88 Å². The molecule has 1 unspecified atom stereocenters. The summed E-state index contributed by atoms with van der Waals surface area (Å²) in [5.74, 6) is -0.304. The fraction of sp³-hybridized carbons (Fsp3) is 0.276. The van der Waals surface area contributed by atoms with E-state index in [0.29, 0.717) is 17.8 Å². The highest BCUT2D eigenvalue weighted by atomic mass is 16.1. The molecular formula is C29H31N3O2. The molecule has 1 amide bonds. The van der Waals surface area contributed by atoms with Gasteiger partial charge in [0.1, 0.15) is 5.69 Å². The van der Waals surface area contributed by atoms with Gasteiger partial charge in [0.15, 0.2) is 0 Å². The number of fused-ring (bicyclic) bond motifs is 1. The number of hydrogen-bond acceptors (Lipinski definition) is 3. The predicted octanol–water partition coefficient (Wildman–Crippen LogP) is 5.32. The molecule has 0 radical (unpaired) electrons. The molecule has 34 heavy (non-hydrogen) atoms. The quantitative estimate of drug-likeness (QED) is 0.373. The van der Waals surface area contributed by atoms with Crippen LogP contribution in [0.1, 0.15) is 59.3 Å². The van der Waals surface area contributed by atoms with Gasteiger partial charge in [0.05, 0.1) is 11.0 Å². The van der Waals surface area contributed by atoms with Gasteiger partial charge in [-0.2, -0.15) is 0 Å². The smallest absolute Gasteiger partial charge is 0.273 e. The van der Waals surface area contributed by atoms with E-state index >= 15 is 0 Å². The summed E-state index contributed by atoms with van der Waals surface area (Å²) in [5, 5.41) is 2.66. The zero-order valence-electron chi connectivity index (χ0n) is 19.8. The second-order valence-electron chi connectivity index (χ2n) is 8.57. The normalized spacial score (nSPS) is 11.9. The van der Waals surface area contributed by atoms with Crippen molar-refractivity contribution < 1.29 is 4.79 Å². The van der Waals surface area contributed by atoms with Gasteiger partial charge in [0, 0.05) is 25.1 Å². The minimum Gasteiger partial charge on any atom is -0.355 e. The highest BCUT2D eigenvalue weighted by Gasteiger charge is 2.22. The number of nitrogens with one attached hydrogen (secondary N) is 1. The molecule has 0 aliphatic heterocycles. The second kappa shape index (κ2) is 10.9. The molecule has 174 valence electrons. The summed E-state index contributed by atoms with van der Waals surface area (Å²) in [6.45, 7) is 2.80. The number of carbonyl (C=O) groups excluding carboxylic acids is 1. The summed E-state index contributed by atoms with van der Waals surface area (Å²) < 4.78 is 1.88. The summed E-state index contributed by atoms with van der Waals surface area (Å²) in [6, 6.07) is 25.7. The van der Waals surface area contributed by atoms with E-state index in [1.54, 1.807) is 7.05 Å². The van der Waals surface area contributed by atoms with Crippen LogP contribution in [0.4, 0.5) is 0 Å². The zero-order valence-corrected chi connectivity index (χ0v) is 19.8. The van der Waals surface area contributed by atoms with E-state index in [9.17, 15) is 9.59 Å². The van der Waals surface area contributed by atoms with E-state index in [1.807, 2.05) is 71.3 Å². The predicted molar refractivity (Wildman–Crippen MR) is 137 cm³/mol. The van der Waals surface area contributed by atoms with Crippen molar-refractivity contribution in [2.45, 2.75) is 45.1 Å². The molecule has 0 saturated heterocycles. The first-order valence-electron chi connectivity index (χ1n) is 12.0. The SMILES string of the molecule is CCCCn1c(=O)c(C(CCc2ccccc2)c2ccc(C(=O)NC)cc2)nc2ccccc21. The first kappa shape index (κ1) is 23.4. The molecule has 0 bridgehead atoms. The van der Waals surface area contributed by atoms with Gasteiger partial charge in [-0.3, -0.25) is 9.59 Å². The highest BCUT2D eigenvalue weighted by molar-refractivity contribution is 5.94. The topological polar surface area (TPSA) is 64.0 Å². The van der Waals surface area contributed by atoms with E-state index in [-0.39, 0.29) is 17.4 Å². The third-order valence-electron chi connectivity index (χ3n) is 6.31. The zero-order chi connectivity index (χ0) is 23.9. The van der Waals surface area contributed by atoms with E-state index < -0.39 is 0 Å². The van der Waals surface area contributed by atoms with Crippen molar-refractivity contribution in [1.29, 1.82) is 0 Å². The van der Waals surface area contributed by atoms with E-state index in [0.717, 1.165) is 42.3 Å². The van der Waals surface area contributed by atoms with E-state index in [2.05, 4.69) is 24.4 Å². The number of nitrogens with zero attached hydrogens (tertiary/aromatic N) is 2. The Bertz CT molecular complexity index is 1310. The number of aromatic nitrogens is 2. The number of hydrogen-bond donors (Lipinski definition) is 1. The Morgan fingerprint density at radius 2 is 1.68 bits per heavy atom. The van der Waals surface area contributed by atoms with Crippen molar-refractivity contribution in [2.75, 3.05) is 7.05 Å². The molecule has 5 nitrogen and oxygen atoms in total. The van der Waals surface area contributed by atoms with Crippen molar-refractivity contribution >= 4 is 16.9 Å². The molecule has 1 atom stereocenters. The molecule has 3 aromatic carbocycles. The van der Waals surface area contributed by atoms with Crippen LogP contribution in [0.25, 0.3) is 11.0 Å². The van der Waals surface area contributed by atoms with Crippen LogP contribution in [0.15, 0.2) is 83.7 Å². The Kier molecular flexibility index (Phi) is 7.53. The monoisotopic (exact) mass is 453 g/mol. The average molecular weight is 454 g/mol. The Morgan fingerprint density at radius 3 is 2.38 bits per heavy atom. The number of amides is 1. The van der Waals surface area contributed by atoms with Gasteiger partial charge in [-0.05, 0) is 54.7 Å². The molecule has 0 saturated carbocycles. The van der Waals surface area contributed by atoms with Crippen LogP contribution in [0, 0.1) is 0 Å². The lowest BCUT2D eigenvalue weighted by atomic mass is 9.89. The van der Waals surface area contributed by atoms with Crippen molar-refractivity contribution in [3.05, 3.63) is 112 Å². The summed E-state index contributed by atoms with van der Waals surface area (Å²) in [4.78, 5) is 30.7. The molecule has 0 aliphatic carbocycles. The third-order valence-corrected chi connectivity index (χ3v) is 6.31. The maximum atomic E-state index is 13.8. The summed E-state index contributed by atoms with van der Waals surface area (Å²) in [6.07, 6.45) is 3.52. The van der Waals surface area contributed by atoms with E-state index in [1.165, 1.54) is 5.56 Å². The Morgan fingerprint density at radius 1 is 0.971 bits per heavy atom. The van der Waals surface area contributed by atoms with Crippen LogP contribution >= 0.6 is 0 Å². The Hall–Kier alpha value is -3.73. The lowest BCUT2D eigenvalue weighted by Crippen LogP contribution is -2.28. The molecule has 1 aromatic heterocycles. The van der Waals surface area contributed by atoms with E-state index in [4.69, 9.17) is 4.98 Å². The minimum absolute atomic E-state index is 0.0272. The molecule has 5 heteroatoms. The molecule has 4 rings (SSSR count). The molecule has 0 fully saturated rings. The highest BCUT2D eigenvalue weighted by Crippen LogP contribution is 2.28. The average Bonchev–Trinajstić information content (AvgIpc) is 2.89. The molecule has 1 heterocycles. The largest absolute Gasteiger partial charge is 0.355 e. The Labute approximate surface area is 200 Å². The number of benzene rings is 3. The summed E-state index contributed by atoms with van der Waals surface area (Å²) >= 11 is 0. The molecular weight excluding hydrogens is 422 g/mol. The number of unbranched alkanes of at least 4 members (excludes halogenated alkanes) is 1. The molecule has 1 N–H and O–H groups in total. The van der Waals surface area contributed by atoms with Crippen LogP contribution in [-0.4, -0.2) is 22.5 Å². The number of aryl methyl sites for hydroxylation is 2. The van der Waals surface area contributed by atoms with Gasteiger partial charge in [0.2, 0.25) is 0 Å². The Balaban J connectivity index is 1.81. The lowest BCUT2D eigenvalue weighted by Gasteiger charge is -2.20. The number of rotatable bonds is 9. The van der Waals surface area contributed by atoms with Gasteiger partial charge >= 0.3 is 0 Å². The minimum atomic E-state index is -0.177. The van der Waals surface area contributed by atoms with Crippen molar-refractivity contribution in [1.82, 2.24) is 14.9 Å². The van der Waals surface area contributed by atoms with Gasteiger partial charge in [-0.25, -0.2) is 4.98 Å². The first-order chi connectivity index (χ1) is 16.6. The standard InChI is InChI=1S/C29H31N3O2/c1-3-4-20-32-26-13-9-8-12-25(26)31-27(29(32)34)24(19-14-21-10-6-5-7-11-21)22-15-17-23(18-16-22)28(33)30-2/h5-13,15-18,24H,3-4,14,19-20H2,1-2H3,(H,30,33). The van der Waals surface area contributed by atoms with Crippen molar-refractivity contribution in [3.63, 3.8) is 0 Å². The van der Waals surface area contributed by atoms with Crippen LogP contribution in [0.5, 0.6) is 0 Å². The van der Waals surface area contributed by atoms with Crippen molar-refractivity contribution in [2.24, 2.45) is 0 Å². The second-order valence-corrected chi connectivity index (χ2v) is 8.57. The molecule has 4 aromatic rings. The molecule has 0 spiro atoms. The van der Waals surface area contributed by atoms with Gasteiger partial charge in [0.25, 0.3) is 11.5 Å². The van der Waals surface area contributed by atoms with Crippen LogP contribution in [0.3, 0.4) is 0 Å². The van der Waals surface area contributed by atoms with Crippen LogP contribution in [0.2, 0.25) is 0 Å². The van der Waals surface area contributed by atoms with Gasteiger partial charge in [-0.1, -0.05) is 67.9 Å². The molecule has 0 aliphatic rings. The fourth-order valence-corrected chi connectivity index (χ4v) is 4.41. The number of para-hydroxylation sites is 2. The first-order valence-corrected chi connectivity index (χ1v) is 12.0. The maximum absolute atomic E-state index is 13.8. The maximum Gasteiger partial charge on any atom is 0.273 e.